The number of nitrogens with zero attached hydrogens (tertiary/aromatic N) is 1. The molecule has 0 atom stereocenters. The van der Waals surface area contributed by atoms with Gasteiger partial charge in [-0.2, -0.15) is 0 Å². The normalized spacial score (nSPS) is 13.5. The molecule has 9 heteroatoms. The van der Waals surface area contributed by atoms with Crippen molar-refractivity contribution in [2.24, 2.45) is 0 Å². The minimum Gasteiger partial charge on any atom is -0.486 e. The smallest absolute Gasteiger partial charge is 0.230 e. The lowest BCUT2D eigenvalue weighted by molar-refractivity contribution is -0.115. The first-order valence-electron chi connectivity index (χ1n) is 8.17. The number of rotatable bonds is 4. The Morgan fingerprint density at radius 1 is 1.15 bits per heavy atom. The Bertz CT molecular complexity index is 1080. The van der Waals surface area contributed by atoms with Crippen LogP contribution >= 0.6 is 11.3 Å². The van der Waals surface area contributed by atoms with Crippen LogP contribution in [0.15, 0.2) is 41.3 Å². The number of fused-ring (bicyclic) bond motifs is 2. The molecule has 2 heterocycles. The van der Waals surface area contributed by atoms with E-state index in [1.807, 2.05) is 6.07 Å². The summed E-state index contributed by atoms with van der Waals surface area (Å²) in [6.07, 6.45) is 1.28. The highest BCUT2D eigenvalue weighted by Crippen LogP contribution is 2.37. The summed E-state index contributed by atoms with van der Waals surface area (Å²) in [5.41, 5.74) is 1.45. The van der Waals surface area contributed by atoms with Gasteiger partial charge in [0.05, 0.1) is 21.5 Å². The molecule has 1 aliphatic rings. The highest BCUT2D eigenvalue weighted by atomic mass is 32.2. The van der Waals surface area contributed by atoms with Gasteiger partial charge < -0.3 is 14.8 Å². The van der Waals surface area contributed by atoms with Crippen molar-refractivity contribution in [3.05, 3.63) is 42.0 Å². The molecule has 0 aliphatic carbocycles. The third-order valence-corrected chi connectivity index (χ3v) is 6.08. The molecule has 1 aromatic heterocycles. The molecule has 7 nitrogen and oxygen atoms in total. The Kier molecular flexibility index (Phi) is 4.48. The van der Waals surface area contributed by atoms with Gasteiger partial charge in [0.2, 0.25) is 5.91 Å². The molecule has 0 saturated heterocycles. The number of benzene rings is 2. The predicted octanol–water partition coefficient (Wildman–Crippen LogP) is 2.65. The summed E-state index contributed by atoms with van der Waals surface area (Å²) < 4.78 is 35.0. The highest BCUT2D eigenvalue weighted by Gasteiger charge is 2.16. The number of ether oxygens (including phenoxy) is 2. The lowest BCUT2D eigenvalue weighted by atomic mass is 10.1. The average Bonchev–Trinajstić information content (AvgIpc) is 3.00. The van der Waals surface area contributed by atoms with Gasteiger partial charge in [-0.25, -0.2) is 13.4 Å². The summed E-state index contributed by atoms with van der Waals surface area (Å²) >= 11 is 1.36. The van der Waals surface area contributed by atoms with Crippen molar-refractivity contribution in [2.45, 2.75) is 11.3 Å². The van der Waals surface area contributed by atoms with Crippen molar-refractivity contribution < 1.29 is 22.7 Å². The third-order valence-electron chi connectivity index (χ3n) is 4.01. The molecule has 0 spiro atoms. The predicted molar refractivity (Wildman–Crippen MR) is 102 cm³/mol. The Morgan fingerprint density at radius 2 is 1.81 bits per heavy atom. The van der Waals surface area contributed by atoms with Gasteiger partial charge in [-0.3, -0.25) is 4.79 Å². The number of nitrogens with one attached hydrogen (secondary N) is 1. The van der Waals surface area contributed by atoms with E-state index in [-0.39, 0.29) is 17.2 Å². The maximum absolute atomic E-state index is 12.3. The number of hydrogen-bond acceptors (Lipinski definition) is 7. The van der Waals surface area contributed by atoms with Crippen LogP contribution in [-0.4, -0.2) is 38.8 Å². The molecule has 0 radical (unpaired) electrons. The van der Waals surface area contributed by atoms with Crippen molar-refractivity contribution in [3.63, 3.8) is 0 Å². The second-order valence-electron chi connectivity index (χ2n) is 6.12. The first kappa shape index (κ1) is 17.7. The average molecular weight is 404 g/mol. The van der Waals surface area contributed by atoms with Crippen molar-refractivity contribution in [1.82, 2.24) is 4.98 Å². The van der Waals surface area contributed by atoms with E-state index >= 15 is 0 Å². The monoisotopic (exact) mass is 404 g/mol. The van der Waals surface area contributed by atoms with Crippen molar-refractivity contribution in [3.8, 4) is 11.5 Å². The quantitative estimate of drug-likeness (QED) is 0.718. The molecular formula is C18H16N2O5S2. The maximum atomic E-state index is 12.3. The zero-order chi connectivity index (χ0) is 19.0. The molecule has 140 valence electrons. The van der Waals surface area contributed by atoms with Gasteiger partial charge in [0.1, 0.15) is 13.2 Å². The fourth-order valence-corrected chi connectivity index (χ4v) is 4.24. The van der Waals surface area contributed by atoms with Crippen LogP contribution in [0.25, 0.3) is 10.2 Å². The van der Waals surface area contributed by atoms with Crippen LogP contribution in [0.1, 0.15) is 5.56 Å². The number of carbonyl (C=O) groups excluding carboxylic acids is 1. The van der Waals surface area contributed by atoms with Crippen LogP contribution < -0.4 is 14.8 Å². The Morgan fingerprint density at radius 3 is 2.48 bits per heavy atom. The molecule has 1 amide bonds. The molecular weight excluding hydrogens is 388 g/mol. The van der Waals surface area contributed by atoms with Gasteiger partial charge in [-0.15, -0.1) is 0 Å². The van der Waals surface area contributed by atoms with Gasteiger partial charge in [0.15, 0.2) is 26.5 Å². The second kappa shape index (κ2) is 6.82. The van der Waals surface area contributed by atoms with Gasteiger partial charge in [0.25, 0.3) is 0 Å². The largest absolute Gasteiger partial charge is 0.486 e. The molecule has 0 saturated carbocycles. The van der Waals surface area contributed by atoms with E-state index in [0.717, 1.165) is 22.0 Å². The topological polar surface area (TPSA) is 94.6 Å². The lowest BCUT2D eigenvalue weighted by Gasteiger charge is -2.17. The first-order chi connectivity index (χ1) is 12.9. The number of thiazole rings is 1. The summed E-state index contributed by atoms with van der Waals surface area (Å²) in [5.74, 6) is 1.11. The van der Waals surface area contributed by atoms with Crippen LogP contribution in [-0.2, 0) is 21.1 Å². The molecule has 0 bridgehead atoms. The number of amides is 1. The first-order valence-corrected chi connectivity index (χ1v) is 10.9. The summed E-state index contributed by atoms with van der Waals surface area (Å²) in [5, 5.41) is 3.27. The molecule has 27 heavy (non-hydrogen) atoms. The van der Waals surface area contributed by atoms with Crippen molar-refractivity contribution in [2.75, 3.05) is 24.8 Å². The standard InChI is InChI=1S/C18H16N2O5S2/c1-27(22,23)12-4-2-11(3-5-12)8-17(21)20-18-19-13-9-14-15(10-16(13)26-18)25-7-6-24-14/h2-5,9-10H,6-8H2,1H3,(H,19,20,21). The number of aromatic nitrogens is 1. The van der Waals surface area contributed by atoms with Gasteiger partial charge in [-0.1, -0.05) is 23.5 Å². The molecule has 3 aromatic rings. The number of carbonyl (C=O) groups is 1. The van der Waals surface area contributed by atoms with Gasteiger partial charge in [-0.05, 0) is 17.7 Å². The molecule has 4 rings (SSSR count). The van der Waals surface area contributed by atoms with E-state index in [9.17, 15) is 13.2 Å². The fraction of sp³-hybridized carbons (Fsp3) is 0.222. The number of anilines is 1. The number of sulfone groups is 1. The SMILES string of the molecule is CS(=O)(=O)c1ccc(CC(=O)Nc2nc3cc4c(cc3s2)OCCO4)cc1. The Labute approximate surface area is 159 Å². The van der Waals surface area contributed by atoms with E-state index in [2.05, 4.69) is 10.3 Å². The van der Waals surface area contributed by atoms with Crippen molar-refractivity contribution >= 4 is 42.4 Å². The number of hydrogen-bond donors (Lipinski definition) is 1. The maximum Gasteiger partial charge on any atom is 0.230 e. The van der Waals surface area contributed by atoms with E-state index < -0.39 is 9.84 Å². The Balaban J connectivity index is 1.47. The van der Waals surface area contributed by atoms with Crippen molar-refractivity contribution in [1.29, 1.82) is 0 Å². The Hall–Kier alpha value is -2.65. The van der Waals surface area contributed by atoms with Crippen LogP contribution in [0.4, 0.5) is 5.13 Å². The van der Waals surface area contributed by atoms with E-state index in [1.54, 1.807) is 18.2 Å². The second-order valence-corrected chi connectivity index (χ2v) is 9.17. The van der Waals surface area contributed by atoms with E-state index in [1.165, 1.54) is 23.5 Å². The summed E-state index contributed by atoms with van der Waals surface area (Å²) in [4.78, 5) is 16.9. The summed E-state index contributed by atoms with van der Waals surface area (Å²) in [6.45, 7) is 1.02. The molecule has 2 aromatic carbocycles. The van der Waals surface area contributed by atoms with E-state index in [4.69, 9.17) is 9.47 Å². The van der Waals surface area contributed by atoms with E-state index in [0.29, 0.717) is 29.8 Å². The minimum atomic E-state index is -3.25. The minimum absolute atomic E-state index is 0.128. The molecule has 0 fully saturated rings. The van der Waals surface area contributed by atoms with Crippen LogP contribution in [0.5, 0.6) is 11.5 Å². The molecule has 1 N–H and O–H groups in total. The van der Waals surface area contributed by atoms with Gasteiger partial charge >= 0.3 is 0 Å². The highest BCUT2D eigenvalue weighted by molar-refractivity contribution is 7.90. The lowest BCUT2D eigenvalue weighted by Crippen LogP contribution is -2.15. The summed E-state index contributed by atoms with van der Waals surface area (Å²) in [6, 6.07) is 9.94. The third kappa shape index (κ3) is 3.88. The fourth-order valence-electron chi connectivity index (χ4n) is 2.72. The summed E-state index contributed by atoms with van der Waals surface area (Å²) in [7, 11) is -3.25. The van der Waals surface area contributed by atoms with Crippen LogP contribution in [0.3, 0.4) is 0 Å². The zero-order valence-corrected chi connectivity index (χ0v) is 16.0. The zero-order valence-electron chi connectivity index (χ0n) is 14.4. The van der Waals surface area contributed by atoms with Crippen LogP contribution in [0, 0.1) is 0 Å². The molecule has 1 aliphatic heterocycles. The molecule has 0 unspecified atom stereocenters. The van der Waals surface area contributed by atoms with Gasteiger partial charge in [0, 0.05) is 18.4 Å². The van der Waals surface area contributed by atoms with Crippen LogP contribution in [0.2, 0.25) is 0 Å².